The van der Waals surface area contributed by atoms with Gasteiger partial charge in [-0.25, -0.2) is 4.57 Å². The lowest BCUT2D eigenvalue weighted by atomic mass is 10.2. The van der Waals surface area contributed by atoms with Gasteiger partial charge in [-0.3, -0.25) is 9.20 Å². The van der Waals surface area contributed by atoms with Gasteiger partial charge in [0, 0.05) is 12.8 Å². The molecule has 0 aliphatic carbocycles. The van der Waals surface area contributed by atoms with Gasteiger partial charge in [-0.05, 0) is 37.5 Å². The van der Waals surface area contributed by atoms with Gasteiger partial charge in [-0.1, -0.05) is 11.1 Å². The van der Waals surface area contributed by atoms with E-state index in [4.69, 9.17) is 10.5 Å². The van der Waals surface area contributed by atoms with Crippen LogP contribution in [-0.2, 0) is 11.3 Å². The van der Waals surface area contributed by atoms with Crippen molar-refractivity contribution in [2.24, 2.45) is 0 Å². The highest BCUT2D eigenvalue weighted by molar-refractivity contribution is 5.76. The summed E-state index contributed by atoms with van der Waals surface area (Å²) in [6.07, 6.45) is 3.69. The molecule has 25 heavy (non-hydrogen) atoms. The van der Waals surface area contributed by atoms with Crippen LogP contribution < -0.4 is 15.9 Å². The van der Waals surface area contributed by atoms with Gasteiger partial charge in [0.05, 0.1) is 12.6 Å². The molecule has 4 heterocycles. The van der Waals surface area contributed by atoms with Gasteiger partial charge in [-0.2, -0.15) is 5.26 Å². The highest BCUT2D eigenvalue weighted by Crippen LogP contribution is 2.17. The summed E-state index contributed by atoms with van der Waals surface area (Å²) in [7, 11) is 0. The number of nitrogen functional groups attached to an aromatic ring is 1. The van der Waals surface area contributed by atoms with Crippen molar-refractivity contribution < 1.29 is 9.30 Å². The molecule has 3 aromatic rings. The number of ether oxygens (including phenoxy) is 1. The van der Waals surface area contributed by atoms with Crippen LogP contribution in [0.1, 0.15) is 24.0 Å². The van der Waals surface area contributed by atoms with E-state index in [2.05, 4.69) is 11.1 Å². The molecule has 1 aliphatic rings. The topological polar surface area (TPSA) is 97.3 Å². The molecule has 0 aromatic carbocycles. The average Bonchev–Trinajstić information content (AvgIpc) is 3.11. The van der Waals surface area contributed by atoms with E-state index in [1.54, 1.807) is 16.8 Å². The largest absolute Gasteiger partial charge is 0.375 e. The van der Waals surface area contributed by atoms with Gasteiger partial charge in [-0.15, -0.1) is 0 Å². The summed E-state index contributed by atoms with van der Waals surface area (Å²) in [6, 6.07) is 7.32. The number of pyridine rings is 2. The molecule has 0 amide bonds. The summed E-state index contributed by atoms with van der Waals surface area (Å²) in [5.74, 6) is 0.314. The Morgan fingerprint density at radius 2 is 2.36 bits per heavy atom. The summed E-state index contributed by atoms with van der Waals surface area (Å²) in [5.41, 5.74) is 8.25. The smallest absolute Gasteiger partial charge is 0.278 e. The van der Waals surface area contributed by atoms with Crippen molar-refractivity contribution in [3.8, 4) is 6.07 Å². The molecule has 126 valence electrons. The summed E-state index contributed by atoms with van der Waals surface area (Å²) in [6.45, 7) is 3.11. The average molecular weight is 336 g/mol. The quantitative estimate of drug-likeness (QED) is 0.558. The molecule has 0 saturated carbocycles. The SMILES string of the molecule is Cc1ccc2nc3c(cc(C#N)c(N)[n+]3C[C@@H]3CCCO3)c(=O)n2c1. The van der Waals surface area contributed by atoms with Crippen LogP contribution in [0.3, 0.4) is 0 Å². The van der Waals surface area contributed by atoms with Crippen LogP contribution in [0, 0.1) is 18.3 Å². The second kappa shape index (κ2) is 5.83. The zero-order valence-electron chi connectivity index (χ0n) is 13.9. The molecule has 1 fully saturated rings. The Morgan fingerprint density at radius 3 is 3.08 bits per heavy atom. The summed E-state index contributed by atoms with van der Waals surface area (Å²) >= 11 is 0. The molecular formula is C18H18N5O2+. The summed E-state index contributed by atoms with van der Waals surface area (Å²) in [5, 5.41) is 9.79. The van der Waals surface area contributed by atoms with Crippen molar-refractivity contribution >= 4 is 22.5 Å². The number of anilines is 1. The third kappa shape index (κ3) is 2.51. The standard InChI is InChI=1S/C18H17N5O2/c1-11-4-5-15-21-17-14(18(24)22(15)9-11)7-12(8-19)16(20)23(17)10-13-3-2-6-25-13/h4-5,7,9,13,20H,2-3,6,10H2,1H3/p+1/t13-/m0/s1. The number of hydrogen-bond donors (Lipinski definition) is 1. The van der Waals surface area contributed by atoms with Crippen LogP contribution >= 0.6 is 0 Å². The van der Waals surface area contributed by atoms with E-state index >= 15 is 0 Å². The minimum absolute atomic E-state index is 0.0164. The molecule has 4 rings (SSSR count). The van der Waals surface area contributed by atoms with Crippen molar-refractivity contribution in [1.82, 2.24) is 9.38 Å². The fourth-order valence-corrected chi connectivity index (χ4v) is 3.32. The van der Waals surface area contributed by atoms with Gasteiger partial charge in [0.25, 0.3) is 11.2 Å². The van der Waals surface area contributed by atoms with E-state index in [1.807, 2.05) is 13.0 Å². The van der Waals surface area contributed by atoms with Gasteiger partial charge in [0.1, 0.15) is 17.0 Å². The minimum atomic E-state index is -0.207. The Balaban J connectivity index is 2.05. The van der Waals surface area contributed by atoms with E-state index in [0.29, 0.717) is 29.0 Å². The number of nitriles is 1. The van der Waals surface area contributed by atoms with Gasteiger partial charge >= 0.3 is 0 Å². The number of rotatable bonds is 2. The van der Waals surface area contributed by atoms with E-state index < -0.39 is 0 Å². The van der Waals surface area contributed by atoms with E-state index in [1.165, 1.54) is 10.5 Å². The molecule has 0 unspecified atom stereocenters. The zero-order valence-corrected chi connectivity index (χ0v) is 13.9. The van der Waals surface area contributed by atoms with Gasteiger partial charge < -0.3 is 10.5 Å². The highest BCUT2D eigenvalue weighted by atomic mass is 16.5. The lowest BCUT2D eigenvalue weighted by Gasteiger charge is -2.13. The monoisotopic (exact) mass is 336 g/mol. The first kappa shape index (κ1) is 15.5. The Labute approximate surface area is 143 Å². The Kier molecular flexibility index (Phi) is 3.62. The second-order valence-electron chi connectivity index (χ2n) is 6.39. The summed E-state index contributed by atoms with van der Waals surface area (Å²) < 4.78 is 8.94. The predicted molar refractivity (Wildman–Crippen MR) is 92.0 cm³/mol. The Bertz CT molecular complexity index is 1090. The molecular weight excluding hydrogens is 318 g/mol. The Morgan fingerprint density at radius 1 is 1.52 bits per heavy atom. The normalized spacial score (nSPS) is 17.2. The number of aryl methyl sites for hydroxylation is 1. The van der Waals surface area contributed by atoms with Crippen molar-refractivity contribution in [1.29, 1.82) is 5.26 Å². The van der Waals surface area contributed by atoms with Crippen LogP contribution in [-0.4, -0.2) is 22.1 Å². The van der Waals surface area contributed by atoms with Crippen LogP contribution in [0.5, 0.6) is 0 Å². The van der Waals surface area contributed by atoms with Gasteiger partial charge in [0.15, 0.2) is 0 Å². The van der Waals surface area contributed by atoms with Crippen LogP contribution in [0.2, 0.25) is 0 Å². The van der Waals surface area contributed by atoms with Crippen molar-refractivity contribution in [2.75, 3.05) is 12.3 Å². The van der Waals surface area contributed by atoms with Gasteiger partial charge in [0.2, 0.25) is 11.5 Å². The van der Waals surface area contributed by atoms with Crippen molar-refractivity contribution in [2.45, 2.75) is 32.4 Å². The fraction of sp³-hybridized carbons (Fsp3) is 0.333. The maximum absolute atomic E-state index is 12.9. The van der Waals surface area contributed by atoms with E-state index in [-0.39, 0.29) is 17.2 Å². The van der Waals surface area contributed by atoms with Crippen molar-refractivity contribution in [3.05, 3.63) is 45.9 Å². The first-order valence-electron chi connectivity index (χ1n) is 8.25. The van der Waals surface area contributed by atoms with Crippen molar-refractivity contribution in [3.63, 3.8) is 0 Å². The zero-order chi connectivity index (χ0) is 17.6. The number of fused-ring (bicyclic) bond motifs is 2. The van der Waals surface area contributed by atoms with E-state index in [9.17, 15) is 10.1 Å². The first-order valence-corrected chi connectivity index (χ1v) is 8.25. The number of nitrogens with zero attached hydrogens (tertiary/aromatic N) is 4. The minimum Gasteiger partial charge on any atom is -0.375 e. The lowest BCUT2D eigenvalue weighted by Crippen LogP contribution is -2.45. The number of aromatic nitrogens is 3. The van der Waals surface area contributed by atoms with Crippen LogP contribution in [0.15, 0.2) is 29.2 Å². The first-order chi connectivity index (χ1) is 12.1. The molecule has 7 heteroatoms. The second-order valence-corrected chi connectivity index (χ2v) is 6.39. The highest BCUT2D eigenvalue weighted by Gasteiger charge is 2.25. The third-order valence-corrected chi connectivity index (χ3v) is 4.63. The maximum Gasteiger partial charge on any atom is 0.278 e. The lowest BCUT2D eigenvalue weighted by molar-refractivity contribution is -0.666. The molecule has 7 nitrogen and oxygen atoms in total. The summed E-state index contributed by atoms with van der Waals surface area (Å²) in [4.78, 5) is 17.6. The molecule has 0 radical (unpaired) electrons. The molecule has 1 aliphatic heterocycles. The number of hydrogen-bond acceptors (Lipinski definition) is 5. The van der Waals surface area contributed by atoms with E-state index in [0.717, 1.165) is 25.0 Å². The molecule has 0 bridgehead atoms. The molecule has 0 spiro atoms. The molecule has 1 saturated heterocycles. The Hall–Kier alpha value is -2.98. The third-order valence-electron chi connectivity index (χ3n) is 4.63. The molecule has 1 atom stereocenters. The molecule has 2 N–H and O–H groups in total. The predicted octanol–water partition coefficient (Wildman–Crippen LogP) is 1.08. The molecule has 3 aromatic heterocycles. The van der Waals surface area contributed by atoms with Crippen LogP contribution in [0.25, 0.3) is 16.7 Å². The van der Waals surface area contributed by atoms with Crippen LogP contribution in [0.4, 0.5) is 5.82 Å². The number of nitrogens with two attached hydrogens (primary N) is 1. The fourth-order valence-electron chi connectivity index (χ4n) is 3.32. The maximum atomic E-state index is 12.9.